The number of rotatable bonds is 3. The Balaban J connectivity index is 1.76. The van der Waals surface area contributed by atoms with Gasteiger partial charge in [0, 0.05) is 10.8 Å². The standard InChI is InChI=1S/C24H15F3N2OS/c1-14-6-4-9-19(24(25,26)27)22(14)30-23-18-13-16-8-3-2-7-15(16)12-17(18)21(28-29-23)20-10-5-11-31-20/h2-13H,1H3. The van der Waals surface area contributed by atoms with Crippen LogP contribution in [0, 0.1) is 6.92 Å². The quantitative estimate of drug-likeness (QED) is 0.273. The van der Waals surface area contributed by atoms with Gasteiger partial charge in [0.2, 0.25) is 5.88 Å². The van der Waals surface area contributed by atoms with E-state index < -0.39 is 11.7 Å². The summed E-state index contributed by atoms with van der Waals surface area (Å²) >= 11 is 1.52. The summed E-state index contributed by atoms with van der Waals surface area (Å²) in [5.41, 5.74) is 0.197. The third-order valence-electron chi connectivity index (χ3n) is 5.08. The highest BCUT2D eigenvalue weighted by Gasteiger charge is 2.35. The van der Waals surface area contributed by atoms with Crippen LogP contribution in [0.15, 0.2) is 72.1 Å². The van der Waals surface area contributed by atoms with Crippen molar-refractivity contribution in [2.24, 2.45) is 0 Å². The molecule has 5 aromatic rings. The van der Waals surface area contributed by atoms with Gasteiger partial charge >= 0.3 is 6.18 Å². The van der Waals surface area contributed by atoms with Crippen molar-refractivity contribution in [3.05, 3.63) is 83.2 Å². The third-order valence-corrected chi connectivity index (χ3v) is 5.96. The Hall–Kier alpha value is -3.45. The minimum absolute atomic E-state index is 0.0425. The van der Waals surface area contributed by atoms with Crippen LogP contribution in [0.1, 0.15) is 11.1 Å². The Morgan fingerprint density at radius 3 is 2.26 bits per heavy atom. The summed E-state index contributed by atoms with van der Waals surface area (Å²) in [7, 11) is 0. The molecule has 31 heavy (non-hydrogen) atoms. The molecule has 7 heteroatoms. The second-order valence-electron chi connectivity index (χ2n) is 7.13. The molecule has 0 bridgehead atoms. The second kappa shape index (κ2) is 7.35. The van der Waals surface area contributed by atoms with Gasteiger partial charge in [-0.25, -0.2) is 0 Å². The number of para-hydroxylation sites is 1. The zero-order chi connectivity index (χ0) is 21.6. The maximum absolute atomic E-state index is 13.6. The molecule has 3 aromatic carbocycles. The normalized spacial score (nSPS) is 11.9. The summed E-state index contributed by atoms with van der Waals surface area (Å²) in [4.78, 5) is 0.922. The van der Waals surface area contributed by atoms with Gasteiger partial charge in [-0.15, -0.1) is 21.5 Å². The summed E-state index contributed by atoms with van der Waals surface area (Å²) in [5.74, 6) is -0.219. The summed E-state index contributed by atoms with van der Waals surface area (Å²) in [6.07, 6.45) is -4.55. The Bertz CT molecular complexity index is 1410. The number of nitrogens with zero attached hydrogens (tertiary/aromatic N) is 2. The van der Waals surface area contributed by atoms with Crippen molar-refractivity contribution in [2.75, 3.05) is 0 Å². The first-order valence-corrected chi connectivity index (χ1v) is 10.4. The molecule has 2 heterocycles. The van der Waals surface area contributed by atoms with Crippen LogP contribution >= 0.6 is 11.3 Å². The summed E-state index contributed by atoms with van der Waals surface area (Å²) in [6, 6.07) is 19.4. The number of hydrogen-bond acceptors (Lipinski definition) is 4. The molecule has 0 N–H and O–H groups in total. The minimum atomic E-state index is -4.55. The first-order chi connectivity index (χ1) is 14.9. The van der Waals surface area contributed by atoms with E-state index in [2.05, 4.69) is 10.2 Å². The van der Waals surface area contributed by atoms with Crippen LogP contribution in [-0.2, 0) is 6.18 Å². The fourth-order valence-corrected chi connectivity index (χ4v) is 4.32. The molecule has 0 amide bonds. The molecule has 0 radical (unpaired) electrons. The lowest BCUT2D eigenvalue weighted by atomic mass is 10.0. The lowest BCUT2D eigenvalue weighted by molar-refractivity contribution is -0.138. The zero-order valence-electron chi connectivity index (χ0n) is 16.3. The molecule has 154 valence electrons. The van der Waals surface area contributed by atoms with Crippen molar-refractivity contribution in [1.82, 2.24) is 10.2 Å². The monoisotopic (exact) mass is 436 g/mol. The highest BCUT2D eigenvalue weighted by atomic mass is 32.1. The molecular formula is C24H15F3N2OS. The molecule has 3 nitrogen and oxygen atoms in total. The fourth-order valence-electron chi connectivity index (χ4n) is 3.59. The van der Waals surface area contributed by atoms with E-state index >= 15 is 0 Å². The van der Waals surface area contributed by atoms with Gasteiger partial charge in [-0.1, -0.05) is 42.5 Å². The van der Waals surface area contributed by atoms with E-state index in [1.165, 1.54) is 17.4 Å². The van der Waals surface area contributed by atoms with Gasteiger partial charge in [0.25, 0.3) is 0 Å². The Kier molecular flexibility index (Phi) is 4.63. The van der Waals surface area contributed by atoms with Crippen LogP contribution in [-0.4, -0.2) is 10.2 Å². The second-order valence-corrected chi connectivity index (χ2v) is 8.08. The largest absolute Gasteiger partial charge is 0.436 e. The number of alkyl halides is 3. The molecule has 0 aliphatic heterocycles. The maximum Gasteiger partial charge on any atom is 0.419 e. The first kappa shape index (κ1) is 19.5. The molecule has 2 aromatic heterocycles. The first-order valence-electron chi connectivity index (χ1n) is 9.49. The van der Waals surface area contributed by atoms with Crippen LogP contribution in [0.3, 0.4) is 0 Å². The molecular weight excluding hydrogens is 421 g/mol. The lowest BCUT2D eigenvalue weighted by Crippen LogP contribution is -2.08. The predicted octanol–water partition coefficient (Wildman–Crippen LogP) is 7.63. The number of halogens is 3. The predicted molar refractivity (Wildman–Crippen MR) is 117 cm³/mol. The zero-order valence-corrected chi connectivity index (χ0v) is 17.1. The number of hydrogen-bond donors (Lipinski definition) is 0. The average Bonchev–Trinajstić information content (AvgIpc) is 3.28. The van der Waals surface area contributed by atoms with E-state index in [-0.39, 0.29) is 11.6 Å². The highest BCUT2D eigenvalue weighted by molar-refractivity contribution is 7.13. The van der Waals surface area contributed by atoms with Crippen molar-refractivity contribution in [1.29, 1.82) is 0 Å². The van der Waals surface area contributed by atoms with Gasteiger partial charge in [0.05, 0.1) is 10.4 Å². The molecule has 0 aliphatic carbocycles. The Labute approximate surface area is 179 Å². The third kappa shape index (κ3) is 3.51. The fraction of sp³-hybridized carbons (Fsp3) is 0.0833. The van der Waals surface area contributed by atoms with E-state index in [0.29, 0.717) is 16.6 Å². The molecule has 0 fully saturated rings. The molecule has 5 rings (SSSR count). The molecule has 0 saturated heterocycles. The van der Waals surface area contributed by atoms with E-state index in [1.54, 1.807) is 13.0 Å². The lowest BCUT2D eigenvalue weighted by Gasteiger charge is -2.16. The van der Waals surface area contributed by atoms with Crippen molar-refractivity contribution in [2.45, 2.75) is 13.1 Å². The van der Waals surface area contributed by atoms with Crippen molar-refractivity contribution < 1.29 is 17.9 Å². The van der Waals surface area contributed by atoms with Gasteiger partial charge in [-0.2, -0.15) is 13.2 Å². The van der Waals surface area contributed by atoms with Crippen LogP contribution in [0.2, 0.25) is 0 Å². The average molecular weight is 436 g/mol. The number of benzene rings is 3. The summed E-state index contributed by atoms with van der Waals surface area (Å²) in [6.45, 7) is 1.58. The smallest absolute Gasteiger partial charge is 0.419 e. The summed E-state index contributed by atoms with van der Waals surface area (Å²) in [5, 5.41) is 13.8. The van der Waals surface area contributed by atoms with Gasteiger partial charge in [-0.05, 0) is 52.9 Å². The van der Waals surface area contributed by atoms with Crippen LogP contribution < -0.4 is 4.74 Å². The van der Waals surface area contributed by atoms with Crippen LogP contribution in [0.4, 0.5) is 13.2 Å². The molecule has 0 aliphatic rings. The number of thiophene rings is 1. The Morgan fingerprint density at radius 2 is 1.58 bits per heavy atom. The van der Waals surface area contributed by atoms with Crippen LogP contribution in [0.25, 0.3) is 32.1 Å². The van der Waals surface area contributed by atoms with Gasteiger partial charge in [0.15, 0.2) is 0 Å². The molecule has 0 unspecified atom stereocenters. The number of aromatic nitrogens is 2. The molecule has 0 spiro atoms. The van der Waals surface area contributed by atoms with Crippen molar-refractivity contribution in [3.8, 4) is 22.2 Å². The Morgan fingerprint density at radius 1 is 0.839 bits per heavy atom. The van der Waals surface area contributed by atoms with E-state index in [4.69, 9.17) is 4.74 Å². The van der Waals surface area contributed by atoms with Gasteiger partial charge in [0.1, 0.15) is 11.4 Å². The SMILES string of the molecule is Cc1cccc(C(F)(F)F)c1Oc1nnc(-c2cccs2)c2cc3ccccc3cc12. The van der Waals surface area contributed by atoms with E-state index in [1.807, 2.05) is 53.9 Å². The minimum Gasteiger partial charge on any atom is -0.436 e. The highest BCUT2D eigenvalue weighted by Crippen LogP contribution is 2.42. The molecule has 0 saturated carbocycles. The van der Waals surface area contributed by atoms with Gasteiger partial charge < -0.3 is 4.74 Å². The summed E-state index contributed by atoms with van der Waals surface area (Å²) < 4.78 is 46.6. The molecule has 0 atom stereocenters. The van der Waals surface area contributed by atoms with E-state index in [9.17, 15) is 13.2 Å². The van der Waals surface area contributed by atoms with Crippen LogP contribution in [0.5, 0.6) is 11.6 Å². The number of fused-ring (bicyclic) bond motifs is 2. The maximum atomic E-state index is 13.6. The van der Waals surface area contributed by atoms with E-state index in [0.717, 1.165) is 27.1 Å². The number of aryl methyl sites for hydroxylation is 1. The topological polar surface area (TPSA) is 35.0 Å². The number of ether oxygens (including phenoxy) is 1. The van der Waals surface area contributed by atoms with Crippen molar-refractivity contribution >= 4 is 32.9 Å². The van der Waals surface area contributed by atoms with Gasteiger partial charge in [-0.3, -0.25) is 0 Å². The van der Waals surface area contributed by atoms with Crippen molar-refractivity contribution in [3.63, 3.8) is 0 Å².